The van der Waals surface area contributed by atoms with Crippen LogP contribution in [-0.2, 0) is 0 Å². The number of rotatable bonds is 3. The van der Waals surface area contributed by atoms with Gasteiger partial charge in [-0.3, -0.25) is 9.69 Å². The SMILES string of the molecule is Cc1c(Cl)ccc2cc(C(=O)C[C@@H]3C4CCN(CC4)C3(C)C)sc12. The average molecular weight is 362 g/mol. The van der Waals surface area contributed by atoms with Crippen LogP contribution in [0.5, 0.6) is 0 Å². The topological polar surface area (TPSA) is 20.3 Å². The molecule has 2 bridgehead atoms. The molecule has 0 radical (unpaired) electrons. The van der Waals surface area contributed by atoms with Crippen LogP contribution >= 0.6 is 22.9 Å². The van der Waals surface area contributed by atoms with E-state index in [9.17, 15) is 4.79 Å². The molecule has 3 saturated heterocycles. The fourth-order valence-corrected chi connectivity index (χ4v) is 6.09. The minimum absolute atomic E-state index is 0.146. The smallest absolute Gasteiger partial charge is 0.173 e. The molecule has 4 heteroatoms. The number of carbonyl (C=O) groups is 1. The van der Waals surface area contributed by atoms with E-state index in [1.165, 1.54) is 25.9 Å². The van der Waals surface area contributed by atoms with Crippen LogP contribution in [0, 0.1) is 18.8 Å². The summed E-state index contributed by atoms with van der Waals surface area (Å²) in [6, 6.07) is 6.01. The van der Waals surface area contributed by atoms with Crippen LogP contribution in [0.15, 0.2) is 18.2 Å². The molecule has 4 heterocycles. The van der Waals surface area contributed by atoms with Crippen LogP contribution in [0.25, 0.3) is 10.1 Å². The van der Waals surface area contributed by atoms with Gasteiger partial charge in [-0.05, 0) is 81.6 Å². The van der Waals surface area contributed by atoms with Crippen molar-refractivity contribution in [3.05, 3.63) is 33.7 Å². The van der Waals surface area contributed by atoms with Gasteiger partial charge >= 0.3 is 0 Å². The van der Waals surface area contributed by atoms with Gasteiger partial charge in [0.1, 0.15) is 0 Å². The van der Waals surface area contributed by atoms with E-state index < -0.39 is 0 Å². The summed E-state index contributed by atoms with van der Waals surface area (Å²) in [5, 5.41) is 1.92. The minimum Gasteiger partial charge on any atom is -0.298 e. The lowest BCUT2D eigenvalue weighted by Crippen LogP contribution is -2.61. The lowest BCUT2D eigenvalue weighted by atomic mass is 9.65. The molecular weight excluding hydrogens is 338 g/mol. The van der Waals surface area contributed by atoms with E-state index in [1.54, 1.807) is 11.3 Å². The molecule has 0 unspecified atom stereocenters. The molecule has 3 aliphatic heterocycles. The van der Waals surface area contributed by atoms with Crippen molar-refractivity contribution in [3.63, 3.8) is 0 Å². The van der Waals surface area contributed by atoms with Crippen LogP contribution in [0.2, 0.25) is 5.02 Å². The summed E-state index contributed by atoms with van der Waals surface area (Å²) in [5.41, 5.74) is 1.23. The van der Waals surface area contributed by atoms with Crippen molar-refractivity contribution in [3.8, 4) is 0 Å². The number of aryl methyl sites for hydroxylation is 1. The molecular formula is C20H24ClNOS. The fraction of sp³-hybridized carbons (Fsp3) is 0.550. The molecule has 0 aliphatic carbocycles. The van der Waals surface area contributed by atoms with Gasteiger partial charge in [0, 0.05) is 21.7 Å². The first kappa shape index (κ1) is 16.6. The zero-order valence-electron chi connectivity index (χ0n) is 14.6. The van der Waals surface area contributed by atoms with Crippen LogP contribution < -0.4 is 0 Å². The van der Waals surface area contributed by atoms with Gasteiger partial charge in [0.2, 0.25) is 0 Å². The average Bonchev–Trinajstić information content (AvgIpc) is 3.00. The summed E-state index contributed by atoms with van der Waals surface area (Å²) in [6.07, 6.45) is 3.18. The number of halogens is 1. The predicted octanol–water partition coefficient (Wildman–Crippen LogP) is 5.56. The third-order valence-corrected chi connectivity index (χ3v) is 8.10. The van der Waals surface area contributed by atoms with Gasteiger partial charge in [0.15, 0.2) is 5.78 Å². The van der Waals surface area contributed by atoms with Crippen molar-refractivity contribution in [2.24, 2.45) is 11.8 Å². The number of hydrogen-bond donors (Lipinski definition) is 0. The second-order valence-electron chi connectivity index (χ2n) is 7.91. The molecule has 1 aromatic heterocycles. The Labute approximate surface area is 152 Å². The van der Waals surface area contributed by atoms with Gasteiger partial charge in [-0.25, -0.2) is 0 Å². The Hall–Kier alpha value is -0.900. The molecule has 24 heavy (non-hydrogen) atoms. The van der Waals surface area contributed by atoms with Crippen molar-refractivity contribution < 1.29 is 4.79 Å². The van der Waals surface area contributed by atoms with Gasteiger partial charge in [0.05, 0.1) is 4.88 Å². The number of hydrogen-bond acceptors (Lipinski definition) is 3. The Morgan fingerprint density at radius 2 is 2.04 bits per heavy atom. The number of piperidine rings is 3. The lowest BCUT2D eigenvalue weighted by Gasteiger charge is -2.56. The van der Waals surface area contributed by atoms with Crippen LogP contribution in [-0.4, -0.2) is 29.3 Å². The minimum atomic E-state index is 0.146. The van der Waals surface area contributed by atoms with E-state index in [2.05, 4.69) is 24.8 Å². The van der Waals surface area contributed by atoms with E-state index in [0.717, 1.165) is 25.5 Å². The van der Waals surface area contributed by atoms with E-state index in [1.807, 2.05) is 19.1 Å². The number of Topliss-reactive ketones (excluding diaryl/α,β-unsaturated/α-hetero) is 1. The quantitative estimate of drug-likeness (QED) is 0.667. The Balaban J connectivity index is 1.61. The Kier molecular flexibility index (Phi) is 4.02. The highest BCUT2D eigenvalue weighted by atomic mass is 35.5. The second-order valence-corrected chi connectivity index (χ2v) is 9.37. The van der Waals surface area contributed by atoms with Gasteiger partial charge in [-0.15, -0.1) is 11.3 Å². The Bertz CT molecular complexity index is 801. The maximum atomic E-state index is 13.0. The van der Waals surface area contributed by atoms with E-state index in [-0.39, 0.29) is 5.54 Å². The Morgan fingerprint density at radius 1 is 1.33 bits per heavy atom. The summed E-state index contributed by atoms with van der Waals surface area (Å²) in [6.45, 7) is 9.08. The van der Waals surface area contributed by atoms with Crippen molar-refractivity contribution in [1.82, 2.24) is 4.90 Å². The molecule has 2 aromatic rings. The maximum Gasteiger partial charge on any atom is 0.173 e. The number of nitrogens with zero attached hydrogens (tertiary/aromatic N) is 1. The van der Waals surface area contributed by atoms with Crippen molar-refractivity contribution in [1.29, 1.82) is 0 Å². The van der Waals surface area contributed by atoms with Gasteiger partial charge < -0.3 is 0 Å². The molecule has 0 saturated carbocycles. The summed E-state index contributed by atoms with van der Waals surface area (Å²) in [5.74, 6) is 1.49. The molecule has 2 nitrogen and oxygen atoms in total. The molecule has 3 aliphatic rings. The molecule has 5 rings (SSSR count). The molecule has 0 N–H and O–H groups in total. The second kappa shape index (κ2) is 5.82. The monoisotopic (exact) mass is 361 g/mol. The third kappa shape index (κ3) is 2.53. The lowest BCUT2D eigenvalue weighted by molar-refractivity contribution is -0.0643. The van der Waals surface area contributed by atoms with Crippen molar-refractivity contribution >= 4 is 38.8 Å². The standard InChI is InChI=1S/C20H24ClNOS/c1-12-16(21)5-4-14-10-18(24-19(12)14)17(23)11-15-13-6-8-22(9-7-13)20(15,2)3/h4-5,10,13,15H,6-9,11H2,1-3H3/t15-/m1/s1. The summed E-state index contributed by atoms with van der Waals surface area (Å²) in [4.78, 5) is 16.5. The third-order valence-electron chi connectivity index (χ3n) is 6.38. The fourth-order valence-electron chi connectivity index (χ4n) is 4.76. The van der Waals surface area contributed by atoms with E-state index in [4.69, 9.17) is 11.6 Å². The molecule has 1 aromatic carbocycles. The molecule has 3 fully saturated rings. The van der Waals surface area contributed by atoms with Crippen LogP contribution in [0.4, 0.5) is 0 Å². The largest absolute Gasteiger partial charge is 0.298 e. The van der Waals surface area contributed by atoms with E-state index in [0.29, 0.717) is 24.0 Å². The molecule has 1 atom stereocenters. The Morgan fingerprint density at radius 3 is 2.71 bits per heavy atom. The van der Waals surface area contributed by atoms with Crippen molar-refractivity contribution in [2.45, 2.75) is 45.6 Å². The number of fused-ring (bicyclic) bond motifs is 4. The molecule has 0 amide bonds. The number of carbonyl (C=O) groups excluding carboxylic acids is 1. The van der Waals surface area contributed by atoms with E-state index >= 15 is 0 Å². The van der Waals surface area contributed by atoms with Gasteiger partial charge in [-0.1, -0.05) is 17.7 Å². The molecule has 128 valence electrons. The maximum absolute atomic E-state index is 13.0. The van der Waals surface area contributed by atoms with Gasteiger partial charge in [0.25, 0.3) is 0 Å². The number of ketones is 1. The highest BCUT2D eigenvalue weighted by Gasteiger charge is 2.47. The zero-order chi connectivity index (χ0) is 17.1. The highest BCUT2D eigenvalue weighted by molar-refractivity contribution is 7.21. The first-order chi connectivity index (χ1) is 11.4. The number of benzene rings is 1. The van der Waals surface area contributed by atoms with Crippen LogP contribution in [0.1, 0.15) is 48.3 Å². The first-order valence-electron chi connectivity index (χ1n) is 8.85. The normalized spacial score (nSPS) is 28.4. The summed E-state index contributed by atoms with van der Waals surface area (Å²) in [7, 11) is 0. The van der Waals surface area contributed by atoms with Crippen molar-refractivity contribution in [2.75, 3.05) is 13.1 Å². The molecule has 0 spiro atoms. The summed E-state index contributed by atoms with van der Waals surface area (Å²) >= 11 is 7.84. The highest BCUT2D eigenvalue weighted by Crippen LogP contribution is 2.46. The number of thiophene rings is 1. The first-order valence-corrected chi connectivity index (χ1v) is 10.0. The van der Waals surface area contributed by atoms with Crippen LogP contribution in [0.3, 0.4) is 0 Å². The predicted molar refractivity (Wildman–Crippen MR) is 102 cm³/mol. The van der Waals surface area contributed by atoms with Gasteiger partial charge in [-0.2, -0.15) is 0 Å². The zero-order valence-corrected chi connectivity index (χ0v) is 16.1. The summed E-state index contributed by atoms with van der Waals surface area (Å²) < 4.78 is 1.15.